The molecule has 0 radical (unpaired) electrons. The number of aryl methyl sites for hydroxylation is 2. The molecule has 1 N–H and O–H groups in total. The van der Waals surface area contributed by atoms with Crippen molar-refractivity contribution in [2.75, 3.05) is 30.9 Å². The van der Waals surface area contributed by atoms with Crippen LogP contribution in [0.2, 0.25) is 0 Å². The monoisotopic (exact) mass is 423 g/mol. The number of benzene rings is 2. The lowest BCUT2D eigenvalue weighted by atomic mass is 10.1. The lowest BCUT2D eigenvalue weighted by Crippen LogP contribution is -2.28. The maximum absolute atomic E-state index is 12.9. The molecule has 1 unspecified atom stereocenters. The molecule has 2 aromatic carbocycles. The van der Waals surface area contributed by atoms with Crippen LogP contribution in [-0.2, 0) is 22.4 Å². The van der Waals surface area contributed by atoms with E-state index in [1.807, 2.05) is 18.2 Å². The van der Waals surface area contributed by atoms with Crippen molar-refractivity contribution in [3.05, 3.63) is 53.6 Å². The summed E-state index contributed by atoms with van der Waals surface area (Å²) in [5, 5.41) is 2.81. The van der Waals surface area contributed by atoms with Crippen molar-refractivity contribution in [3.63, 3.8) is 0 Å². The Bertz CT molecular complexity index is 1000. The maximum Gasteiger partial charge on any atom is 0.286 e. The van der Waals surface area contributed by atoms with E-state index in [9.17, 15) is 14.4 Å². The number of nitrogens with zero attached hydrogens (tertiary/aromatic N) is 2. The van der Waals surface area contributed by atoms with Crippen LogP contribution in [0.3, 0.4) is 0 Å². The van der Waals surface area contributed by atoms with Gasteiger partial charge in [0.2, 0.25) is 11.8 Å². The standard InChI is InChI=1S/C23H25N3O3S/c1-25(2)23(29)30-20-9-4-3-8-19(20)24-22(28)17-13-21(27)26(14-17)18-11-10-15-6-5-7-16(15)12-18/h3-4,8-12,17H,5-7,13-14H2,1-2H3,(H,24,28). The molecule has 1 fully saturated rings. The molecule has 30 heavy (non-hydrogen) atoms. The lowest BCUT2D eigenvalue weighted by molar-refractivity contribution is -0.122. The molecule has 3 amide bonds. The van der Waals surface area contributed by atoms with Crippen LogP contribution >= 0.6 is 11.8 Å². The second kappa shape index (κ2) is 8.52. The van der Waals surface area contributed by atoms with Crippen LogP contribution in [0.25, 0.3) is 0 Å². The zero-order chi connectivity index (χ0) is 21.3. The Morgan fingerprint density at radius 1 is 1.10 bits per heavy atom. The second-order valence-corrected chi connectivity index (χ2v) is 8.95. The van der Waals surface area contributed by atoms with Gasteiger partial charge in [-0.15, -0.1) is 0 Å². The summed E-state index contributed by atoms with van der Waals surface area (Å²) in [6.45, 7) is 0.370. The SMILES string of the molecule is CN(C)C(=O)Sc1ccccc1NC(=O)C1CC(=O)N(c2ccc3c(c2)CCC3)C1. The number of carbonyl (C=O) groups excluding carboxylic acids is 3. The van der Waals surface area contributed by atoms with E-state index in [4.69, 9.17) is 0 Å². The number of rotatable bonds is 4. The quantitative estimate of drug-likeness (QED) is 0.757. The minimum absolute atomic E-state index is 0.0291. The zero-order valence-corrected chi connectivity index (χ0v) is 18.0. The van der Waals surface area contributed by atoms with Crippen molar-refractivity contribution in [3.8, 4) is 0 Å². The van der Waals surface area contributed by atoms with Gasteiger partial charge >= 0.3 is 0 Å². The molecule has 156 valence electrons. The van der Waals surface area contributed by atoms with Crippen LogP contribution < -0.4 is 10.2 Å². The Labute approximate surface area is 180 Å². The molecule has 4 rings (SSSR count). The lowest BCUT2D eigenvalue weighted by Gasteiger charge is -2.18. The van der Waals surface area contributed by atoms with Gasteiger partial charge in [0.25, 0.3) is 5.24 Å². The molecule has 6 nitrogen and oxygen atoms in total. The minimum Gasteiger partial charge on any atom is -0.339 e. The molecular formula is C23H25N3O3S. The van der Waals surface area contributed by atoms with Crippen molar-refractivity contribution in [1.29, 1.82) is 0 Å². The Kier molecular flexibility index (Phi) is 5.81. The molecule has 2 aliphatic rings. The normalized spacial score (nSPS) is 17.7. The predicted molar refractivity (Wildman–Crippen MR) is 119 cm³/mol. The van der Waals surface area contributed by atoms with Crippen LogP contribution in [0.15, 0.2) is 47.4 Å². The summed E-state index contributed by atoms with van der Waals surface area (Å²) >= 11 is 1.07. The first kappa shape index (κ1) is 20.5. The first-order valence-electron chi connectivity index (χ1n) is 10.1. The molecule has 1 saturated heterocycles. The predicted octanol–water partition coefficient (Wildman–Crippen LogP) is 3.94. The van der Waals surface area contributed by atoms with E-state index in [1.165, 1.54) is 16.0 Å². The summed E-state index contributed by atoms with van der Waals surface area (Å²) in [5.74, 6) is -0.649. The van der Waals surface area contributed by atoms with Gasteiger partial charge in [0, 0.05) is 37.6 Å². The van der Waals surface area contributed by atoms with Gasteiger partial charge in [0.1, 0.15) is 0 Å². The average molecular weight is 424 g/mol. The van der Waals surface area contributed by atoms with E-state index in [0.29, 0.717) is 17.1 Å². The molecule has 2 aromatic rings. The number of thioether (sulfide) groups is 1. The second-order valence-electron chi connectivity index (χ2n) is 7.96. The number of hydrogen-bond donors (Lipinski definition) is 1. The first-order valence-corrected chi connectivity index (χ1v) is 10.9. The van der Waals surface area contributed by atoms with Crippen molar-refractivity contribution < 1.29 is 14.4 Å². The fraction of sp³-hybridized carbons (Fsp3) is 0.348. The van der Waals surface area contributed by atoms with Gasteiger partial charge in [0.15, 0.2) is 0 Å². The third-order valence-electron chi connectivity index (χ3n) is 5.60. The maximum atomic E-state index is 12.9. The number of anilines is 2. The van der Waals surface area contributed by atoms with Crippen LogP contribution in [0.1, 0.15) is 24.0 Å². The molecule has 0 spiro atoms. The van der Waals surface area contributed by atoms with Crippen LogP contribution in [-0.4, -0.2) is 42.6 Å². The van der Waals surface area contributed by atoms with Gasteiger partial charge in [-0.3, -0.25) is 14.4 Å². The number of hydrogen-bond acceptors (Lipinski definition) is 4. The van der Waals surface area contributed by atoms with Gasteiger partial charge in [-0.25, -0.2) is 0 Å². The van der Waals surface area contributed by atoms with Crippen LogP contribution in [0.5, 0.6) is 0 Å². The molecule has 1 aliphatic heterocycles. The number of carbonyl (C=O) groups is 3. The van der Waals surface area contributed by atoms with Crippen molar-refractivity contribution in [2.24, 2.45) is 5.92 Å². The summed E-state index contributed by atoms with van der Waals surface area (Å²) < 4.78 is 0. The molecule has 7 heteroatoms. The van der Waals surface area contributed by atoms with Gasteiger partial charge in [-0.1, -0.05) is 18.2 Å². The van der Waals surface area contributed by atoms with E-state index in [2.05, 4.69) is 17.4 Å². The molecule has 0 bridgehead atoms. The van der Waals surface area contributed by atoms with E-state index in [-0.39, 0.29) is 23.5 Å². The third-order valence-corrected chi connectivity index (χ3v) is 6.71. The highest BCUT2D eigenvalue weighted by atomic mass is 32.2. The Balaban J connectivity index is 1.45. The number of amides is 3. The first-order chi connectivity index (χ1) is 14.4. The molecule has 0 aromatic heterocycles. The van der Waals surface area contributed by atoms with E-state index in [0.717, 1.165) is 36.7 Å². The molecule has 1 aliphatic carbocycles. The smallest absolute Gasteiger partial charge is 0.286 e. The fourth-order valence-corrected chi connectivity index (χ4v) is 4.68. The Hall–Kier alpha value is -2.80. The topological polar surface area (TPSA) is 69.7 Å². The van der Waals surface area contributed by atoms with Gasteiger partial charge in [-0.05, 0) is 66.4 Å². The summed E-state index contributed by atoms with van der Waals surface area (Å²) in [7, 11) is 3.38. The van der Waals surface area contributed by atoms with Gasteiger partial charge in [-0.2, -0.15) is 0 Å². The summed E-state index contributed by atoms with van der Waals surface area (Å²) in [5.41, 5.74) is 4.14. The van der Waals surface area contributed by atoms with E-state index >= 15 is 0 Å². The highest BCUT2D eigenvalue weighted by Gasteiger charge is 2.35. The highest BCUT2D eigenvalue weighted by Crippen LogP contribution is 2.32. The zero-order valence-electron chi connectivity index (χ0n) is 17.2. The van der Waals surface area contributed by atoms with Gasteiger partial charge < -0.3 is 15.1 Å². The molecular weight excluding hydrogens is 398 g/mol. The minimum atomic E-state index is -0.423. The number of fused-ring (bicyclic) bond motifs is 1. The fourth-order valence-electron chi connectivity index (χ4n) is 3.94. The Morgan fingerprint density at radius 3 is 2.67 bits per heavy atom. The number of nitrogens with one attached hydrogen (secondary N) is 1. The largest absolute Gasteiger partial charge is 0.339 e. The van der Waals surface area contributed by atoms with Crippen molar-refractivity contribution in [2.45, 2.75) is 30.6 Å². The van der Waals surface area contributed by atoms with Crippen molar-refractivity contribution >= 4 is 40.2 Å². The third kappa shape index (κ3) is 4.21. The van der Waals surface area contributed by atoms with E-state index in [1.54, 1.807) is 31.1 Å². The van der Waals surface area contributed by atoms with E-state index < -0.39 is 5.92 Å². The summed E-state index contributed by atoms with van der Waals surface area (Å²) in [4.78, 5) is 41.5. The van der Waals surface area contributed by atoms with Gasteiger partial charge in [0.05, 0.1) is 11.6 Å². The van der Waals surface area contributed by atoms with Crippen LogP contribution in [0, 0.1) is 5.92 Å². The average Bonchev–Trinajstić information content (AvgIpc) is 3.35. The molecule has 1 atom stereocenters. The molecule has 0 saturated carbocycles. The highest BCUT2D eigenvalue weighted by molar-refractivity contribution is 8.13. The summed E-state index contributed by atoms with van der Waals surface area (Å²) in [6.07, 6.45) is 3.50. The Morgan fingerprint density at radius 2 is 1.87 bits per heavy atom. The van der Waals surface area contributed by atoms with Crippen LogP contribution in [0.4, 0.5) is 16.2 Å². The molecule has 1 heterocycles. The van der Waals surface area contributed by atoms with Crippen molar-refractivity contribution in [1.82, 2.24) is 4.90 Å². The number of para-hydroxylation sites is 1. The summed E-state index contributed by atoms with van der Waals surface area (Å²) in [6, 6.07) is 13.4.